The summed E-state index contributed by atoms with van der Waals surface area (Å²) in [6.45, 7) is 7.31. The summed E-state index contributed by atoms with van der Waals surface area (Å²) in [5.41, 5.74) is 2.05. The number of aromatic amines is 1. The van der Waals surface area contributed by atoms with Crippen LogP contribution in [0, 0.1) is 18.6 Å². The smallest absolute Gasteiger partial charge is 0.263 e. The molecule has 1 N–H and O–H groups in total. The van der Waals surface area contributed by atoms with Gasteiger partial charge in [-0.1, -0.05) is 0 Å². The van der Waals surface area contributed by atoms with Gasteiger partial charge >= 0.3 is 0 Å². The van der Waals surface area contributed by atoms with E-state index in [1.54, 1.807) is 15.9 Å². The highest BCUT2D eigenvalue weighted by Gasteiger charge is 2.11. The summed E-state index contributed by atoms with van der Waals surface area (Å²) in [7, 11) is 0. The number of fused-ring (bicyclic) bond motifs is 1. The fraction of sp³-hybridized carbons (Fsp3) is 0.357. The van der Waals surface area contributed by atoms with Gasteiger partial charge in [0.05, 0.1) is 18.1 Å². The van der Waals surface area contributed by atoms with Crippen molar-refractivity contribution in [1.29, 1.82) is 0 Å². The van der Waals surface area contributed by atoms with E-state index < -0.39 is 0 Å². The molecule has 0 aliphatic heterocycles. The fourth-order valence-corrected chi connectivity index (χ4v) is 3.66. The quantitative estimate of drug-likeness (QED) is 0.755. The number of H-pyrrole nitrogens is 1. The second-order valence-electron chi connectivity index (χ2n) is 4.99. The normalized spacial score (nSPS) is 11.4. The van der Waals surface area contributed by atoms with Crippen molar-refractivity contribution in [1.82, 2.24) is 19.3 Å². The van der Waals surface area contributed by atoms with Crippen LogP contribution in [0.4, 0.5) is 0 Å². The minimum absolute atomic E-state index is 0.0400. The summed E-state index contributed by atoms with van der Waals surface area (Å²) >= 11 is 6.90. The Bertz CT molecular complexity index is 929. The second kappa shape index (κ2) is 5.23. The number of nitrogens with one attached hydrogen (secondary N) is 1. The maximum atomic E-state index is 12.6. The lowest BCUT2D eigenvalue weighted by Crippen LogP contribution is -2.22. The van der Waals surface area contributed by atoms with Gasteiger partial charge < -0.3 is 4.98 Å². The van der Waals surface area contributed by atoms with E-state index in [0.29, 0.717) is 16.7 Å². The highest BCUT2D eigenvalue weighted by atomic mass is 32.1. The van der Waals surface area contributed by atoms with Gasteiger partial charge in [0.25, 0.3) is 5.56 Å². The molecule has 0 saturated carbocycles. The van der Waals surface area contributed by atoms with E-state index in [0.717, 1.165) is 27.5 Å². The molecule has 0 bridgehead atoms. The molecule has 0 saturated heterocycles. The molecule has 3 heterocycles. The largest absolute Gasteiger partial charge is 0.323 e. The van der Waals surface area contributed by atoms with Crippen LogP contribution in [0.15, 0.2) is 17.1 Å². The van der Waals surface area contributed by atoms with Gasteiger partial charge in [-0.05, 0) is 39.1 Å². The van der Waals surface area contributed by atoms with Crippen LogP contribution in [0.25, 0.3) is 10.2 Å². The van der Waals surface area contributed by atoms with Crippen LogP contribution in [0.2, 0.25) is 0 Å². The number of nitrogens with zero attached hydrogens (tertiary/aromatic N) is 3. The van der Waals surface area contributed by atoms with Crippen LogP contribution in [0.5, 0.6) is 0 Å². The summed E-state index contributed by atoms with van der Waals surface area (Å²) in [5, 5.41) is 5.02. The zero-order chi connectivity index (χ0) is 15.1. The zero-order valence-electron chi connectivity index (χ0n) is 12.1. The molecule has 0 aromatic carbocycles. The third-order valence-electron chi connectivity index (χ3n) is 3.63. The van der Waals surface area contributed by atoms with E-state index in [-0.39, 0.29) is 5.56 Å². The van der Waals surface area contributed by atoms with Crippen LogP contribution in [-0.4, -0.2) is 19.3 Å². The van der Waals surface area contributed by atoms with Gasteiger partial charge in [0.1, 0.15) is 4.83 Å². The maximum Gasteiger partial charge on any atom is 0.263 e. The highest BCUT2D eigenvalue weighted by molar-refractivity contribution is 7.71. The molecule has 0 aliphatic carbocycles. The molecular weight excluding hydrogens is 304 g/mol. The maximum absolute atomic E-state index is 12.6. The topological polar surface area (TPSA) is 55.6 Å². The van der Waals surface area contributed by atoms with Crippen molar-refractivity contribution in [3.05, 3.63) is 43.5 Å². The van der Waals surface area contributed by atoms with E-state index in [1.165, 1.54) is 0 Å². The summed E-state index contributed by atoms with van der Waals surface area (Å²) in [4.78, 5) is 17.7. The number of thiophene rings is 1. The van der Waals surface area contributed by atoms with Crippen LogP contribution in [0.1, 0.15) is 23.1 Å². The van der Waals surface area contributed by atoms with Gasteiger partial charge in [-0.2, -0.15) is 5.10 Å². The van der Waals surface area contributed by atoms with Crippen LogP contribution in [-0.2, 0) is 13.1 Å². The molecule has 0 unspecified atom stereocenters. The Balaban J connectivity index is 2.14. The first-order chi connectivity index (χ1) is 10.0. The first kappa shape index (κ1) is 14.2. The zero-order valence-corrected chi connectivity index (χ0v) is 13.8. The van der Waals surface area contributed by atoms with E-state index in [2.05, 4.69) is 10.1 Å². The van der Waals surface area contributed by atoms with Crippen molar-refractivity contribution in [2.24, 2.45) is 0 Å². The lowest BCUT2D eigenvalue weighted by molar-refractivity contribution is 0.635. The molecule has 0 fully saturated rings. The third-order valence-corrected chi connectivity index (χ3v) is 4.92. The molecular formula is C14H16N4OS2. The summed E-state index contributed by atoms with van der Waals surface area (Å²) in [6, 6.07) is 1.91. The molecule has 0 aliphatic rings. The van der Waals surface area contributed by atoms with Crippen molar-refractivity contribution in [2.45, 2.75) is 33.9 Å². The molecule has 0 radical (unpaired) electrons. The fourth-order valence-electron chi connectivity index (χ4n) is 2.44. The molecule has 0 spiro atoms. The van der Waals surface area contributed by atoms with Crippen molar-refractivity contribution in [3.8, 4) is 0 Å². The lowest BCUT2D eigenvalue weighted by Gasteiger charge is -2.06. The monoisotopic (exact) mass is 320 g/mol. The summed E-state index contributed by atoms with van der Waals surface area (Å²) in [6.07, 6.45) is 1.81. The summed E-state index contributed by atoms with van der Waals surface area (Å²) < 4.78 is 3.98. The molecule has 5 nitrogen and oxygen atoms in total. The predicted octanol–water partition coefficient (Wildman–Crippen LogP) is 3.00. The van der Waals surface area contributed by atoms with Gasteiger partial charge in [0, 0.05) is 22.7 Å². The van der Waals surface area contributed by atoms with E-state index in [9.17, 15) is 4.79 Å². The molecule has 110 valence electrons. The van der Waals surface area contributed by atoms with Gasteiger partial charge in [0.15, 0.2) is 4.77 Å². The minimum atomic E-state index is -0.0400. The first-order valence-corrected chi connectivity index (χ1v) is 7.98. The number of aromatic nitrogens is 4. The summed E-state index contributed by atoms with van der Waals surface area (Å²) in [5.74, 6) is 0. The number of rotatable bonds is 3. The highest BCUT2D eigenvalue weighted by Crippen LogP contribution is 2.20. The Morgan fingerprint density at radius 3 is 2.86 bits per heavy atom. The molecule has 3 rings (SSSR count). The van der Waals surface area contributed by atoms with Gasteiger partial charge in [-0.25, -0.2) is 0 Å². The van der Waals surface area contributed by atoms with Crippen molar-refractivity contribution < 1.29 is 0 Å². The van der Waals surface area contributed by atoms with Crippen molar-refractivity contribution >= 4 is 33.8 Å². The predicted molar refractivity (Wildman–Crippen MR) is 87.7 cm³/mol. The molecule has 3 aromatic rings. The number of hydrogen-bond acceptors (Lipinski definition) is 4. The molecule has 0 atom stereocenters. The Morgan fingerprint density at radius 1 is 1.43 bits per heavy atom. The van der Waals surface area contributed by atoms with E-state index in [4.69, 9.17) is 12.2 Å². The molecule has 7 heteroatoms. The Kier molecular flexibility index (Phi) is 3.54. The molecule has 0 amide bonds. The van der Waals surface area contributed by atoms with E-state index >= 15 is 0 Å². The van der Waals surface area contributed by atoms with E-state index in [1.807, 2.05) is 37.7 Å². The van der Waals surface area contributed by atoms with Gasteiger partial charge in [-0.3, -0.25) is 14.0 Å². The Labute approximate surface area is 130 Å². The first-order valence-electron chi connectivity index (χ1n) is 6.75. The lowest BCUT2D eigenvalue weighted by atomic mass is 10.2. The Hall–Kier alpha value is -1.73. The van der Waals surface area contributed by atoms with Gasteiger partial charge in [0.2, 0.25) is 0 Å². The third kappa shape index (κ3) is 2.36. The van der Waals surface area contributed by atoms with Gasteiger partial charge in [-0.15, -0.1) is 11.3 Å². The average molecular weight is 320 g/mol. The number of hydrogen-bond donors (Lipinski definition) is 1. The van der Waals surface area contributed by atoms with Crippen LogP contribution in [0.3, 0.4) is 0 Å². The minimum Gasteiger partial charge on any atom is -0.323 e. The van der Waals surface area contributed by atoms with Crippen molar-refractivity contribution in [3.63, 3.8) is 0 Å². The van der Waals surface area contributed by atoms with Crippen LogP contribution >= 0.6 is 23.6 Å². The number of aryl methyl sites for hydroxylation is 2. The van der Waals surface area contributed by atoms with Crippen molar-refractivity contribution in [2.75, 3.05) is 0 Å². The molecule has 3 aromatic heterocycles. The Morgan fingerprint density at radius 2 is 2.19 bits per heavy atom. The standard InChI is InChI=1S/C14H16N4OS2/c1-4-18-9(3)10(6-15-18)7-17-13(19)11-5-8(2)21-12(11)16-14(17)20/h5-6H,4,7H2,1-3H3,(H,16,20). The SMILES string of the molecule is CCn1ncc(Cn2c(=S)[nH]c3sc(C)cc3c2=O)c1C. The van der Waals surface area contributed by atoms with Crippen LogP contribution < -0.4 is 5.56 Å². The molecule has 21 heavy (non-hydrogen) atoms. The second-order valence-corrected chi connectivity index (χ2v) is 6.64. The average Bonchev–Trinajstić information content (AvgIpc) is 2.98.